The Morgan fingerprint density at radius 2 is 1.79 bits per heavy atom. The van der Waals surface area contributed by atoms with Crippen LogP contribution in [-0.4, -0.2) is 39.8 Å². The predicted octanol–water partition coefficient (Wildman–Crippen LogP) is 5.24. The molecule has 0 amide bonds. The third-order valence-corrected chi connectivity index (χ3v) is 6.92. The van der Waals surface area contributed by atoms with Gasteiger partial charge in [0.2, 0.25) is 5.96 Å². The van der Waals surface area contributed by atoms with Crippen molar-refractivity contribution in [2.24, 2.45) is 4.99 Å². The first-order valence-electron chi connectivity index (χ1n) is 11.5. The van der Waals surface area contributed by atoms with Crippen LogP contribution in [0.1, 0.15) is 36.0 Å². The molecule has 1 aromatic heterocycles. The van der Waals surface area contributed by atoms with Crippen LogP contribution in [0.5, 0.6) is 0 Å². The van der Waals surface area contributed by atoms with E-state index in [0.29, 0.717) is 25.2 Å². The maximum atomic E-state index is 13.0. The van der Waals surface area contributed by atoms with Crippen LogP contribution in [0.3, 0.4) is 0 Å². The summed E-state index contributed by atoms with van der Waals surface area (Å²) < 4.78 is 41.0. The topological polar surface area (TPSA) is 48.7 Å². The highest BCUT2D eigenvalue weighted by molar-refractivity contribution is 6.01. The highest BCUT2D eigenvalue weighted by atomic mass is 19.4. The Morgan fingerprint density at radius 3 is 2.53 bits per heavy atom. The van der Waals surface area contributed by atoms with E-state index in [2.05, 4.69) is 22.2 Å². The van der Waals surface area contributed by atoms with Gasteiger partial charge in [0.1, 0.15) is 5.82 Å². The predicted molar refractivity (Wildman–Crippen MR) is 125 cm³/mol. The molecule has 2 aliphatic heterocycles. The molecule has 2 unspecified atom stereocenters. The lowest BCUT2D eigenvalue weighted by Crippen LogP contribution is -2.48. The van der Waals surface area contributed by atoms with E-state index in [1.807, 2.05) is 35.0 Å². The van der Waals surface area contributed by atoms with Gasteiger partial charge in [-0.1, -0.05) is 30.3 Å². The van der Waals surface area contributed by atoms with Crippen molar-refractivity contribution in [1.82, 2.24) is 14.7 Å². The van der Waals surface area contributed by atoms with E-state index < -0.39 is 11.7 Å². The molecule has 1 fully saturated rings. The summed E-state index contributed by atoms with van der Waals surface area (Å²) in [6.45, 7) is 1.02. The molecule has 2 aromatic carbocycles. The van der Waals surface area contributed by atoms with Crippen LogP contribution < -0.4 is 10.2 Å². The van der Waals surface area contributed by atoms with E-state index >= 15 is 0 Å². The molecule has 6 rings (SSSR count). The van der Waals surface area contributed by atoms with Crippen LogP contribution >= 0.6 is 0 Å². The quantitative estimate of drug-likeness (QED) is 0.572. The second-order valence-electron chi connectivity index (χ2n) is 9.21. The van der Waals surface area contributed by atoms with Gasteiger partial charge in [-0.2, -0.15) is 18.3 Å². The minimum atomic E-state index is -4.35. The molecule has 9 heteroatoms. The Balaban J connectivity index is 1.41. The maximum Gasteiger partial charge on any atom is 0.416 e. The second-order valence-corrected chi connectivity index (χ2v) is 9.21. The van der Waals surface area contributed by atoms with Gasteiger partial charge in [0, 0.05) is 12.7 Å². The number of halogens is 3. The standard InChI is InChI=1S/C25H25F3N6/c1-32-15-19-22(29-18-6-3-2-4-7-18)33(14-16-10-12-17(13-11-16)25(26,27)28)31-23(19)34-21-9-5-8-20(21)30-24(32)34/h2-4,6-7,10-13,20-21,29H,5,8-9,14-15H2,1H3. The normalized spacial score (nSPS) is 21.2. The Bertz CT molecular complexity index is 1230. The van der Waals surface area contributed by atoms with Gasteiger partial charge in [-0.25, -0.2) is 9.67 Å². The van der Waals surface area contributed by atoms with Crippen LogP contribution in [0.4, 0.5) is 30.5 Å². The zero-order valence-corrected chi connectivity index (χ0v) is 18.8. The monoisotopic (exact) mass is 466 g/mol. The molecule has 2 atom stereocenters. The van der Waals surface area contributed by atoms with Crippen molar-refractivity contribution in [3.63, 3.8) is 0 Å². The number of para-hydroxylation sites is 1. The van der Waals surface area contributed by atoms with E-state index in [1.54, 1.807) is 0 Å². The minimum Gasteiger partial charge on any atom is -0.341 e. The molecular formula is C25H25F3N6. The van der Waals surface area contributed by atoms with Gasteiger partial charge in [0.25, 0.3) is 0 Å². The van der Waals surface area contributed by atoms with Crippen LogP contribution in [0.25, 0.3) is 0 Å². The lowest BCUT2D eigenvalue weighted by atomic mass is 10.1. The summed E-state index contributed by atoms with van der Waals surface area (Å²) >= 11 is 0. The fourth-order valence-corrected chi connectivity index (χ4v) is 5.28. The molecule has 0 spiro atoms. The van der Waals surface area contributed by atoms with Gasteiger partial charge in [-0.05, 0) is 49.1 Å². The van der Waals surface area contributed by atoms with Crippen molar-refractivity contribution in [1.29, 1.82) is 0 Å². The minimum absolute atomic E-state index is 0.300. The molecule has 0 saturated heterocycles. The van der Waals surface area contributed by atoms with Crippen molar-refractivity contribution in [3.05, 3.63) is 71.3 Å². The van der Waals surface area contributed by atoms with Crippen molar-refractivity contribution in [2.45, 2.75) is 50.6 Å². The number of nitrogens with zero attached hydrogens (tertiary/aromatic N) is 5. The number of rotatable bonds is 4. The van der Waals surface area contributed by atoms with Gasteiger partial charge in [0.15, 0.2) is 5.82 Å². The van der Waals surface area contributed by atoms with Gasteiger partial charge in [0.05, 0.1) is 36.3 Å². The van der Waals surface area contributed by atoms with Crippen LogP contribution in [-0.2, 0) is 19.3 Å². The largest absolute Gasteiger partial charge is 0.416 e. The van der Waals surface area contributed by atoms with Crippen molar-refractivity contribution < 1.29 is 13.2 Å². The molecule has 1 N–H and O–H groups in total. The van der Waals surface area contributed by atoms with E-state index in [0.717, 1.165) is 65.8 Å². The molecule has 6 nitrogen and oxygen atoms in total. The Hall–Kier alpha value is -3.49. The number of hydrogen-bond acceptors (Lipinski definition) is 5. The number of alkyl halides is 3. The van der Waals surface area contributed by atoms with Gasteiger partial charge in [-0.15, -0.1) is 0 Å². The van der Waals surface area contributed by atoms with Crippen LogP contribution in [0.2, 0.25) is 0 Å². The number of fused-ring (bicyclic) bond motifs is 5. The summed E-state index contributed by atoms with van der Waals surface area (Å²) in [5.41, 5.74) is 2.11. The number of aromatic nitrogens is 2. The zero-order chi connectivity index (χ0) is 23.4. The number of anilines is 3. The molecule has 3 aromatic rings. The highest BCUT2D eigenvalue weighted by Gasteiger charge is 2.46. The first-order valence-corrected chi connectivity index (χ1v) is 11.5. The Kier molecular flexibility index (Phi) is 4.82. The molecule has 3 aliphatic rings. The summed E-state index contributed by atoms with van der Waals surface area (Å²) in [6, 6.07) is 15.8. The molecular weight excluding hydrogens is 441 g/mol. The average Bonchev–Trinajstić information content (AvgIpc) is 3.49. The Morgan fingerprint density at radius 1 is 1.03 bits per heavy atom. The Labute approximate surface area is 195 Å². The summed E-state index contributed by atoms with van der Waals surface area (Å²) in [4.78, 5) is 9.43. The summed E-state index contributed by atoms with van der Waals surface area (Å²) in [6.07, 6.45) is -1.02. The van der Waals surface area contributed by atoms with Gasteiger partial charge in [-0.3, -0.25) is 4.90 Å². The first kappa shape index (κ1) is 21.1. The van der Waals surface area contributed by atoms with Crippen molar-refractivity contribution in [2.75, 3.05) is 17.3 Å². The zero-order valence-electron chi connectivity index (χ0n) is 18.8. The smallest absolute Gasteiger partial charge is 0.341 e. The summed E-state index contributed by atoms with van der Waals surface area (Å²) in [5.74, 6) is 2.72. The molecule has 0 radical (unpaired) electrons. The number of nitrogens with one attached hydrogen (secondary N) is 1. The van der Waals surface area contributed by atoms with Crippen LogP contribution in [0.15, 0.2) is 59.6 Å². The summed E-state index contributed by atoms with van der Waals surface area (Å²) in [5, 5.41) is 8.53. The summed E-state index contributed by atoms with van der Waals surface area (Å²) in [7, 11) is 2.05. The lowest BCUT2D eigenvalue weighted by molar-refractivity contribution is -0.137. The fourth-order valence-electron chi connectivity index (χ4n) is 5.28. The molecule has 3 heterocycles. The average molecular weight is 467 g/mol. The van der Waals surface area contributed by atoms with E-state index in [-0.39, 0.29) is 0 Å². The third-order valence-electron chi connectivity index (χ3n) is 6.92. The lowest BCUT2D eigenvalue weighted by Gasteiger charge is -2.35. The molecule has 34 heavy (non-hydrogen) atoms. The second kappa shape index (κ2) is 7.78. The first-order chi connectivity index (χ1) is 16.4. The van der Waals surface area contributed by atoms with Gasteiger partial charge < -0.3 is 10.2 Å². The fraction of sp³-hybridized carbons (Fsp3) is 0.360. The van der Waals surface area contributed by atoms with Crippen LogP contribution in [0, 0.1) is 0 Å². The molecule has 0 bridgehead atoms. The van der Waals surface area contributed by atoms with E-state index in [9.17, 15) is 13.2 Å². The number of guanidine groups is 1. The van der Waals surface area contributed by atoms with Crippen molar-refractivity contribution >= 4 is 23.3 Å². The number of hydrogen-bond donors (Lipinski definition) is 1. The maximum absolute atomic E-state index is 13.0. The number of aliphatic imine (C=N–C) groups is 1. The SMILES string of the molecule is CN1Cc2c(nn(Cc3ccc(C(F)(F)F)cc3)c2Nc2ccccc2)N2C1=NC1CCCC12. The van der Waals surface area contributed by atoms with E-state index in [4.69, 9.17) is 10.1 Å². The van der Waals surface area contributed by atoms with Gasteiger partial charge >= 0.3 is 6.18 Å². The molecule has 176 valence electrons. The van der Waals surface area contributed by atoms with E-state index in [1.165, 1.54) is 12.1 Å². The molecule has 1 aliphatic carbocycles. The molecule has 1 saturated carbocycles. The number of benzene rings is 2. The van der Waals surface area contributed by atoms with Crippen molar-refractivity contribution in [3.8, 4) is 0 Å². The highest BCUT2D eigenvalue weighted by Crippen LogP contribution is 2.43. The third kappa shape index (κ3) is 3.50.